The van der Waals surface area contributed by atoms with Gasteiger partial charge in [0.1, 0.15) is 5.82 Å². The van der Waals surface area contributed by atoms with Crippen LogP contribution in [0.4, 0.5) is 5.95 Å². The second kappa shape index (κ2) is 7.51. The Hall–Kier alpha value is -3.32. The number of aliphatic hydroxyl groups is 1. The molecule has 0 aliphatic heterocycles. The summed E-state index contributed by atoms with van der Waals surface area (Å²) in [4.78, 5) is 17.8. The van der Waals surface area contributed by atoms with Gasteiger partial charge in [0.15, 0.2) is 0 Å². The highest BCUT2D eigenvalue weighted by atomic mass is 16.3. The lowest BCUT2D eigenvalue weighted by Gasteiger charge is -2.10. The van der Waals surface area contributed by atoms with Crippen LogP contribution in [0.2, 0.25) is 0 Å². The third kappa shape index (κ3) is 3.50. The van der Waals surface area contributed by atoms with Crippen LogP contribution in [-0.2, 0) is 0 Å². The quantitative estimate of drug-likeness (QED) is 0.514. The van der Waals surface area contributed by atoms with Gasteiger partial charge in [0, 0.05) is 37.4 Å². The number of rotatable bonds is 6. The van der Waals surface area contributed by atoms with E-state index in [1.807, 2.05) is 12.3 Å². The third-order valence-electron chi connectivity index (χ3n) is 4.28. The predicted molar refractivity (Wildman–Crippen MR) is 105 cm³/mol. The molecule has 3 heterocycles. The Balaban J connectivity index is 1.77. The number of hydrogen-bond donors (Lipinski definition) is 2. The monoisotopic (exact) mass is 360 g/mol. The highest BCUT2D eigenvalue weighted by molar-refractivity contribution is 5.82. The molecule has 7 heteroatoms. The van der Waals surface area contributed by atoms with Gasteiger partial charge >= 0.3 is 0 Å². The van der Waals surface area contributed by atoms with Crippen LogP contribution in [0, 0.1) is 6.92 Å². The van der Waals surface area contributed by atoms with Gasteiger partial charge in [0.05, 0.1) is 22.8 Å². The fourth-order valence-electron chi connectivity index (χ4n) is 2.89. The topological polar surface area (TPSA) is 88.8 Å². The fourth-order valence-corrected chi connectivity index (χ4v) is 2.89. The molecule has 0 unspecified atom stereocenters. The minimum Gasteiger partial charge on any atom is -0.396 e. The van der Waals surface area contributed by atoms with Crippen molar-refractivity contribution in [1.29, 1.82) is 0 Å². The SMILES string of the molecule is Cc1ccc(-n2c(-c3cnc(NCCCO)nc3)nc3ccncc32)cc1. The maximum atomic E-state index is 8.87. The Labute approximate surface area is 156 Å². The maximum Gasteiger partial charge on any atom is 0.222 e. The average molecular weight is 360 g/mol. The van der Waals surface area contributed by atoms with Crippen molar-refractivity contribution in [3.63, 3.8) is 0 Å². The molecule has 3 aromatic heterocycles. The molecule has 0 atom stereocenters. The van der Waals surface area contributed by atoms with Crippen molar-refractivity contribution in [2.24, 2.45) is 0 Å². The van der Waals surface area contributed by atoms with Crippen LogP contribution < -0.4 is 5.32 Å². The standard InChI is InChI=1S/C20H20N6O/c1-14-3-5-16(6-4-14)26-18-13-21-9-7-17(18)25-19(26)15-11-23-20(24-12-15)22-8-2-10-27/h3-7,9,11-13,27H,2,8,10H2,1H3,(H,22,23,24). The first-order chi connectivity index (χ1) is 13.3. The van der Waals surface area contributed by atoms with Crippen molar-refractivity contribution in [3.8, 4) is 17.1 Å². The smallest absolute Gasteiger partial charge is 0.222 e. The van der Waals surface area contributed by atoms with Crippen LogP contribution in [0.15, 0.2) is 55.1 Å². The summed E-state index contributed by atoms with van der Waals surface area (Å²) in [5.74, 6) is 1.30. The number of benzene rings is 1. The zero-order valence-corrected chi connectivity index (χ0v) is 15.0. The molecule has 0 spiro atoms. The molecule has 0 saturated heterocycles. The van der Waals surface area contributed by atoms with E-state index in [2.05, 4.69) is 56.0 Å². The molecule has 4 aromatic rings. The first kappa shape index (κ1) is 17.1. The van der Waals surface area contributed by atoms with Crippen LogP contribution in [0.3, 0.4) is 0 Å². The lowest BCUT2D eigenvalue weighted by atomic mass is 10.2. The highest BCUT2D eigenvalue weighted by Gasteiger charge is 2.15. The van der Waals surface area contributed by atoms with E-state index in [-0.39, 0.29) is 6.61 Å². The number of pyridine rings is 1. The number of nitrogens with zero attached hydrogens (tertiary/aromatic N) is 5. The Morgan fingerprint density at radius 2 is 1.81 bits per heavy atom. The molecule has 0 bridgehead atoms. The number of aryl methyl sites for hydroxylation is 1. The molecule has 0 radical (unpaired) electrons. The van der Waals surface area contributed by atoms with Crippen molar-refractivity contribution in [3.05, 3.63) is 60.7 Å². The van der Waals surface area contributed by atoms with E-state index in [1.54, 1.807) is 18.6 Å². The van der Waals surface area contributed by atoms with Crippen LogP contribution in [-0.4, -0.2) is 42.8 Å². The van der Waals surface area contributed by atoms with Gasteiger partial charge in [0.25, 0.3) is 0 Å². The van der Waals surface area contributed by atoms with Crippen molar-refractivity contribution >= 4 is 17.0 Å². The number of aromatic nitrogens is 5. The van der Waals surface area contributed by atoms with Crippen LogP contribution in [0.1, 0.15) is 12.0 Å². The number of fused-ring (bicyclic) bond motifs is 1. The van der Waals surface area contributed by atoms with E-state index in [9.17, 15) is 0 Å². The summed E-state index contributed by atoms with van der Waals surface area (Å²) in [7, 11) is 0. The Kier molecular flexibility index (Phi) is 4.76. The third-order valence-corrected chi connectivity index (χ3v) is 4.28. The van der Waals surface area contributed by atoms with Gasteiger partial charge in [-0.15, -0.1) is 0 Å². The van der Waals surface area contributed by atoms with Crippen molar-refractivity contribution in [2.45, 2.75) is 13.3 Å². The molecule has 0 amide bonds. The molecule has 0 fully saturated rings. The summed E-state index contributed by atoms with van der Waals surface area (Å²) in [5, 5.41) is 11.9. The summed E-state index contributed by atoms with van der Waals surface area (Å²) in [5.41, 5.74) is 4.83. The Morgan fingerprint density at radius 1 is 1.04 bits per heavy atom. The fraction of sp³-hybridized carbons (Fsp3) is 0.200. The molecular weight excluding hydrogens is 340 g/mol. The van der Waals surface area contributed by atoms with E-state index in [4.69, 9.17) is 10.1 Å². The normalized spacial score (nSPS) is 11.0. The number of nitrogens with one attached hydrogen (secondary N) is 1. The summed E-state index contributed by atoms with van der Waals surface area (Å²) in [6.45, 7) is 2.83. The first-order valence-electron chi connectivity index (χ1n) is 8.83. The molecule has 0 saturated carbocycles. The van der Waals surface area contributed by atoms with Gasteiger partial charge in [-0.25, -0.2) is 15.0 Å². The van der Waals surface area contributed by atoms with E-state index in [0.29, 0.717) is 18.9 Å². The molecule has 136 valence electrons. The number of imidazole rings is 1. The van der Waals surface area contributed by atoms with Gasteiger partial charge < -0.3 is 10.4 Å². The second-order valence-corrected chi connectivity index (χ2v) is 6.27. The van der Waals surface area contributed by atoms with Crippen molar-refractivity contribution in [1.82, 2.24) is 24.5 Å². The van der Waals surface area contributed by atoms with Crippen molar-refractivity contribution < 1.29 is 5.11 Å². The number of hydrogen-bond acceptors (Lipinski definition) is 6. The largest absolute Gasteiger partial charge is 0.396 e. The Bertz CT molecular complexity index is 1040. The van der Waals surface area contributed by atoms with Gasteiger partial charge in [-0.3, -0.25) is 9.55 Å². The Morgan fingerprint density at radius 3 is 2.56 bits per heavy atom. The molecule has 0 aliphatic rings. The predicted octanol–water partition coefficient (Wildman–Crippen LogP) is 2.98. The lowest BCUT2D eigenvalue weighted by molar-refractivity contribution is 0.292. The van der Waals surface area contributed by atoms with Gasteiger partial charge in [-0.2, -0.15) is 0 Å². The summed E-state index contributed by atoms with van der Waals surface area (Å²) < 4.78 is 2.07. The van der Waals surface area contributed by atoms with Gasteiger partial charge in [-0.05, 0) is 31.5 Å². The number of anilines is 1. The van der Waals surface area contributed by atoms with Gasteiger partial charge in [-0.1, -0.05) is 17.7 Å². The molecular formula is C20H20N6O. The molecule has 0 aliphatic carbocycles. The second-order valence-electron chi connectivity index (χ2n) is 6.27. The zero-order chi connectivity index (χ0) is 18.6. The molecule has 4 rings (SSSR count). The lowest BCUT2D eigenvalue weighted by Crippen LogP contribution is -2.07. The molecule has 1 aromatic carbocycles. The first-order valence-corrected chi connectivity index (χ1v) is 8.83. The summed E-state index contributed by atoms with van der Waals surface area (Å²) >= 11 is 0. The van der Waals surface area contributed by atoms with E-state index in [0.717, 1.165) is 28.1 Å². The van der Waals surface area contributed by atoms with Gasteiger partial charge in [0.2, 0.25) is 5.95 Å². The van der Waals surface area contributed by atoms with Crippen LogP contribution in [0.25, 0.3) is 28.1 Å². The van der Waals surface area contributed by atoms with E-state index in [1.165, 1.54) is 5.56 Å². The van der Waals surface area contributed by atoms with E-state index >= 15 is 0 Å². The maximum absolute atomic E-state index is 8.87. The van der Waals surface area contributed by atoms with Crippen LogP contribution in [0.5, 0.6) is 0 Å². The highest BCUT2D eigenvalue weighted by Crippen LogP contribution is 2.27. The molecule has 7 nitrogen and oxygen atoms in total. The average Bonchev–Trinajstić information content (AvgIpc) is 3.09. The molecule has 2 N–H and O–H groups in total. The number of aliphatic hydroxyl groups excluding tert-OH is 1. The minimum atomic E-state index is 0.139. The summed E-state index contributed by atoms with van der Waals surface area (Å²) in [6.07, 6.45) is 7.73. The van der Waals surface area contributed by atoms with Crippen molar-refractivity contribution in [2.75, 3.05) is 18.5 Å². The summed E-state index contributed by atoms with van der Waals surface area (Å²) in [6, 6.07) is 10.2. The van der Waals surface area contributed by atoms with Crippen LogP contribution >= 0.6 is 0 Å². The van der Waals surface area contributed by atoms with E-state index < -0.39 is 0 Å². The molecule has 27 heavy (non-hydrogen) atoms. The zero-order valence-electron chi connectivity index (χ0n) is 15.0. The minimum absolute atomic E-state index is 0.139.